The van der Waals surface area contributed by atoms with Gasteiger partial charge in [-0.2, -0.15) is 0 Å². The summed E-state index contributed by atoms with van der Waals surface area (Å²) in [5, 5.41) is 0. The van der Waals surface area contributed by atoms with Crippen LogP contribution in [0.15, 0.2) is 60.7 Å². The van der Waals surface area contributed by atoms with E-state index in [1.54, 1.807) is 4.90 Å². The van der Waals surface area contributed by atoms with Crippen LogP contribution in [0.3, 0.4) is 0 Å². The molecule has 1 aromatic carbocycles. The van der Waals surface area contributed by atoms with Gasteiger partial charge in [-0.25, -0.2) is 0 Å². The van der Waals surface area contributed by atoms with Crippen LogP contribution in [0.1, 0.15) is 31.4 Å². The summed E-state index contributed by atoms with van der Waals surface area (Å²) in [6, 6.07) is 8.73. The minimum atomic E-state index is 1.01. The first kappa shape index (κ1) is 17.5. The van der Waals surface area contributed by atoms with Gasteiger partial charge >= 0.3 is 0 Å². The molecule has 1 aromatic rings. The van der Waals surface area contributed by atoms with Gasteiger partial charge in [0.05, 0.1) is 19.6 Å². The minimum absolute atomic E-state index is 1.01. The number of hydrogen-bond donors (Lipinski definition) is 1. The summed E-state index contributed by atoms with van der Waals surface area (Å²) in [6.07, 6.45) is 15.3. The van der Waals surface area contributed by atoms with E-state index in [0.717, 1.165) is 19.4 Å². The van der Waals surface area contributed by atoms with Crippen LogP contribution in [-0.4, -0.2) is 19.6 Å². The van der Waals surface area contributed by atoms with Crippen molar-refractivity contribution >= 4 is 0 Å². The zero-order valence-corrected chi connectivity index (χ0v) is 13.8. The highest BCUT2D eigenvalue weighted by molar-refractivity contribution is 5.23. The molecule has 1 heteroatoms. The van der Waals surface area contributed by atoms with Crippen LogP contribution in [0.4, 0.5) is 0 Å². The monoisotopic (exact) mass is 284 g/mol. The number of aryl methyl sites for hydroxylation is 1. The van der Waals surface area contributed by atoms with Crippen molar-refractivity contribution in [3.05, 3.63) is 71.8 Å². The maximum Gasteiger partial charge on any atom is 0.0958 e. The lowest BCUT2D eigenvalue weighted by Crippen LogP contribution is -3.11. The predicted molar refractivity (Wildman–Crippen MR) is 93.8 cm³/mol. The standard InChI is InChI=1S/C20H29N/c1-4-21(5-2)18-12-10-8-6-7-9-11-13-20-16-14-19(3)15-17-20/h6-7,9-12,14-17H,4-5,8,13,18H2,1-3H3/p+1/b7-6-,11-9-,12-10-. The molecule has 1 N–H and O–H groups in total. The number of allylic oxidation sites excluding steroid dienone is 5. The molecular weight excluding hydrogens is 254 g/mol. The highest BCUT2D eigenvalue weighted by Crippen LogP contribution is 2.04. The van der Waals surface area contributed by atoms with Gasteiger partial charge in [0.1, 0.15) is 0 Å². The van der Waals surface area contributed by atoms with Gasteiger partial charge in [0, 0.05) is 0 Å². The molecule has 0 bridgehead atoms. The Balaban J connectivity index is 2.18. The lowest BCUT2D eigenvalue weighted by molar-refractivity contribution is -0.890. The third-order valence-corrected chi connectivity index (χ3v) is 3.70. The minimum Gasteiger partial charge on any atom is -0.332 e. The van der Waals surface area contributed by atoms with Crippen molar-refractivity contribution in [3.8, 4) is 0 Å². The summed E-state index contributed by atoms with van der Waals surface area (Å²) >= 11 is 0. The number of hydrogen-bond acceptors (Lipinski definition) is 0. The van der Waals surface area contributed by atoms with Crippen molar-refractivity contribution in [1.82, 2.24) is 0 Å². The molecule has 0 atom stereocenters. The van der Waals surface area contributed by atoms with Crippen LogP contribution in [0, 0.1) is 6.92 Å². The predicted octanol–water partition coefficient (Wildman–Crippen LogP) is 3.52. The maximum atomic E-state index is 2.29. The average Bonchev–Trinajstić information content (AvgIpc) is 2.51. The van der Waals surface area contributed by atoms with Gasteiger partial charge in [0.2, 0.25) is 0 Å². The van der Waals surface area contributed by atoms with Gasteiger partial charge in [0.15, 0.2) is 0 Å². The topological polar surface area (TPSA) is 4.44 Å². The first-order valence-electron chi connectivity index (χ1n) is 8.12. The molecule has 0 saturated carbocycles. The molecule has 0 amide bonds. The fraction of sp³-hybridized carbons (Fsp3) is 0.400. The van der Waals surface area contributed by atoms with Crippen molar-refractivity contribution in [1.29, 1.82) is 0 Å². The molecule has 0 fully saturated rings. The smallest absolute Gasteiger partial charge is 0.0958 e. The molecule has 0 aromatic heterocycles. The molecule has 0 aliphatic carbocycles. The largest absolute Gasteiger partial charge is 0.332 e. The van der Waals surface area contributed by atoms with Crippen LogP contribution >= 0.6 is 0 Å². The van der Waals surface area contributed by atoms with E-state index in [-0.39, 0.29) is 0 Å². The maximum absolute atomic E-state index is 2.29. The number of quaternary nitrogens is 1. The quantitative estimate of drug-likeness (QED) is 0.523. The molecule has 1 nitrogen and oxygen atoms in total. The lowest BCUT2D eigenvalue weighted by Gasteiger charge is -2.11. The van der Waals surface area contributed by atoms with E-state index in [2.05, 4.69) is 81.5 Å². The van der Waals surface area contributed by atoms with Crippen molar-refractivity contribution in [2.45, 2.75) is 33.6 Å². The van der Waals surface area contributed by atoms with Gasteiger partial charge < -0.3 is 4.90 Å². The lowest BCUT2D eigenvalue weighted by atomic mass is 10.1. The molecule has 0 aliphatic rings. The molecule has 0 saturated heterocycles. The highest BCUT2D eigenvalue weighted by atomic mass is 15.1. The van der Waals surface area contributed by atoms with Crippen LogP contribution in [0.2, 0.25) is 0 Å². The Morgan fingerprint density at radius 1 is 0.857 bits per heavy atom. The first-order valence-corrected chi connectivity index (χ1v) is 8.12. The van der Waals surface area contributed by atoms with Gasteiger partial charge in [-0.05, 0) is 45.3 Å². The SMILES string of the molecule is CC[NH+](CC)C/C=C\C/C=C\C=C/Cc1ccc(C)cc1. The van der Waals surface area contributed by atoms with E-state index in [4.69, 9.17) is 0 Å². The van der Waals surface area contributed by atoms with Gasteiger partial charge in [-0.3, -0.25) is 0 Å². The Hall–Kier alpha value is -1.60. The molecule has 0 spiro atoms. The van der Waals surface area contributed by atoms with Crippen LogP contribution in [-0.2, 0) is 6.42 Å². The number of nitrogens with one attached hydrogen (secondary N) is 1. The van der Waals surface area contributed by atoms with E-state index >= 15 is 0 Å². The van der Waals surface area contributed by atoms with E-state index in [9.17, 15) is 0 Å². The summed E-state index contributed by atoms with van der Waals surface area (Å²) in [6.45, 7) is 10.2. The van der Waals surface area contributed by atoms with Crippen molar-refractivity contribution in [2.24, 2.45) is 0 Å². The normalized spacial score (nSPS) is 12.4. The fourth-order valence-corrected chi connectivity index (χ4v) is 2.13. The van der Waals surface area contributed by atoms with Crippen LogP contribution in [0.5, 0.6) is 0 Å². The highest BCUT2D eigenvalue weighted by Gasteiger charge is 1.96. The number of likely N-dealkylation sites (N-methyl/N-ethyl adjacent to an activating group) is 1. The Labute approximate surface area is 130 Å². The second-order valence-corrected chi connectivity index (χ2v) is 5.41. The second kappa shape index (κ2) is 11.1. The summed E-state index contributed by atoms with van der Waals surface area (Å²) in [5.41, 5.74) is 2.69. The third kappa shape index (κ3) is 8.31. The van der Waals surface area contributed by atoms with Crippen LogP contribution < -0.4 is 4.90 Å². The van der Waals surface area contributed by atoms with Gasteiger partial charge in [0.25, 0.3) is 0 Å². The number of rotatable bonds is 9. The Morgan fingerprint density at radius 2 is 1.52 bits per heavy atom. The molecule has 21 heavy (non-hydrogen) atoms. The molecule has 0 heterocycles. The fourth-order valence-electron chi connectivity index (χ4n) is 2.13. The summed E-state index contributed by atoms with van der Waals surface area (Å²) < 4.78 is 0. The van der Waals surface area contributed by atoms with E-state index in [0.29, 0.717) is 0 Å². The molecule has 114 valence electrons. The Kier molecular flexibility index (Phi) is 9.23. The Morgan fingerprint density at radius 3 is 2.19 bits per heavy atom. The van der Waals surface area contributed by atoms with E-state index in [1.165, 1.54) is 24.2 Å². The third-order valence-electron chi connectivity index (χ3n) is 3.70. The second-order valence-electron chi connectivity index (χ2n) is 5.41. The van der Waals surface area contributed by atoms with E-state index < -0.39 is 0 Å². The zero-order chi connectivity index (χ0) is 15.3. The summed E-state index contributed by atoms with van der Waals surface area (Å²) in [5.74, 6) is 0. The van der Waals surface area contributed by atoms with E-state index in [1.807, 2.05) is 0 Å². The molecular formula is C20H30N+. The molecule has 0 radical (unpaired) electrons. The average molecular weight is 284 g/mol. The molecule has 0 aliphatic heterocycles. The summed E-state index contributed by atoms with van der Waals surface area (Å²) in [7, 11) is 0. The van der Waals surface area contributed by atoms with Crippen molar-refractivity contribution in [3.63, 3.8) is 0 Å². The van der Waals surface area contributed by atoms with Gasteiger partial charge in [-0.1, -0.05) is 60.2 Å². The van der Waals surface area contributed by atoms with Gasteiger partial charge in [-0.15, -0.1) is 0 Å². The molecule has 1 rings (SSSR count). The van der Waals surface area contributed by atoms with Crippen LogP contribution in [0.25, 0.3) is 0 Å². The Bertz CT molecular complexity index is 447. The number of benzene rings is 1. The first-order chi connectivity index (χ1) is 10.3. The zero-order valence-electron chi connectivity index (χ0n) is 13.8. The molecule has 0 unspecified atom stereocenters. The van der Waals surface area contributed by atoms with Crippen molar-refractivity contribution < 1.29 is 4.90 Å². The summed E-state index contributed by atoms with van der Waals surface area (Å²) in [4.78, 5) is 1.63. The van der Waals surface area contributed by atoms with Crippen molar-refractivity contribution in [2.75, 3.05) is 19.6 Å².